The van der Waals surface area contributed by atoms with Gasteiger partial charge in [0.25, 0.3) is 0 Å². The van der Waals surface area contributed by atoms with Gasteiger partial charge < -0.3 is 19.6 Å². The highest BCUT2D eigenvalue weighted by atomic mass is 16.5. The van der Waals surface area contributed by atoms with E-state index >= 15 is 0 Å². The molecule has 1 saturated heterocycles. The van der Waals surface area contributed by atoms with Crippen molar-refractivity contribution in [1.29, 1.82) is 0 Å². The molecule has 6 heteroatoms. The van der Waals surface area contributed by atoms with Crippen molar-refractivity contribution in [2.24, 2.45) is 0 Å². The van der Waals surface area contributed by atoms with E-state index in [0.29, 0.717) is 31.6 Å². The van der Waals surface area contributed by atoms with Crippen LogP contribution in [-0.4, -0.2) is 46.8 Å². The van der Waals surface area contributed by atoms with Crippen LogP contribution in [0.2, 0.25) is 0 Å². The Bertz CT molecular complexity index is 549. The van der Waals surface area contributed by atoms with Gasteiger partial charge >= 0.3 is 6.09 Å². The maximum absolute atomic E-state index is 11.2. The largest absolute Gasteiger partial charge is 0.475 e. The molecule has 1 aromatic heterocycles. The van der Waals surface area contributed by atoms with Crippen molar-refractivity contribution < 1.29 is 14.6 Å². The van der Waals surface area contributed by atoms with Crippen molar-refractivity contribution in [2.75, 3.05) is 24.6 Å². The molecule has 6 nitrogen and oxygen atoms in total. The molecular weight excluding hydrogens is 282 g/mol. The van der Waals surface area contributed by atoms with Gasteiger partial charge in [-0.2, -0.15) is 4.98 Å². The number of rotatable bonds is 2. The predicted octanol–water partition coefficient (Wildman–Crippen LogP) is 2.72. The SMILES string of the molecule is CCC1CCCCN1c1ccc2c(n1)OCCN(C(=O)O)C2. The Morgan fingerprint density at radius 3 is 3.05 bits per heavy atom. The van der Waals surface area contributed by atoms with Crippen LogP contribution in [0.3, 0.4) is 0 Å². The molecule has 0 radical (unpaired) electrons. The number of carbonyl (C=O) groups is 1. The molecule has 3 heterocycles. The first kappa shape index (κ1) is 14.9. The van der Waals surface area contributed by atoms with Crippen LogP contribution in [0.4, 0.5) is 10.6 Å². The zero-order valence-electron chi connectivity index (χ0n) is 13.0. The Labute approximate surface area is 130 Å². The molecule has 0 spiro atoms. The molecule has 22 heavy (non-hydrogen) atoms. The predicted molar refractivity (Wildman–Crippen MR) is 83.4 cm³/mol. The van der Waals surface area contributed by atoms with E-state index in [1.807, 2.05) is 12.1 Å². The number of anilines is 1. The maximum Gasteiger partial charge on any atom is 0.407 e. The number of ether oxygens (including phenoxy) is 1. The zero-order chi connectivity index (χ0) is 15.5. The molecular formula is C16H23N3O3. The maximum atomic E-state index is 11.2. The van der Waals surface area contributed by atoms with E-state index in [-0.39, 0.29) is 0 Å². The van der Waals surface area contributed by atoms with Crippen LogP contribution in [0.15, 0.2) is 12.1 Å². The zero-order valence-corrected chi connectivity index (χ0v) is 13.0. The molecule has 0 bridgehead atoms. The molecule has 1 fully saturated rings. The average molecular weight is 305 g/mol. The van der Waals surface area contributed by atoms with E-state index in [9.17, 15) is 4.79 Å². The lowest BCUT2D eigenvalue weighted by atomic mass is 10.00. The standard InChI is InChI=1S/C16H23N3O3/c1-2-13-5-3-4-8-19(13)14-7-6-12-11-18(16(20)21)9-10-22-15(12)17-14/h6-7,13H,2-5,8-11H2,1H3,(H,20,21). The highest BCUT2D eigenvalue weighted by Gasteiger charge is 2.25. The minimum Gasteiger partial charge on any atom is -0.475 e. The fraction of sp³-hybridized carbons (Fsp3) is 0.625. The summed E-state index contributed by atoms with van der Waals surface area (Å²) < 4.78 is 5.69. The van der Waals surface area contributed by atoms with Crippen LogP contribution in [0.25, 0.3) is 0 Å². The first-order valence-electron chi connectivity index (χ1n) is 8.06. The van der Waals surface area contributed by atoms with Crippen molar-refractivity contribution in [3.05, 3.63) is 17.7 Å². The van der Waals surface area contributed by atoms with E-state index in [1.54, 1.807) is 0 Å². The monoisotopic (exact) mass is 305 g/mol. The van der Waals surface area contributed by atoms with Crippen LogP contribution in [0.5, 0.6) is 5.88 Å². The Hall–Kier alpha value is -1.98. The third kappa shape index (κ3) is 2.96. The number of carboxylic acid groups (broad SMARTS) is 1. The lowest BCUT2D eigenvalue weighted by molar-refractivity contribution is 0.137. The van der Waals surface area contributed by atoms with E-state index < -0.39 is 6.09 Å². The van der Waals surface area contributed by atoms with Crippen molar-refractivity contribution in [3.63, 3.8) is 0 Å². The minimum absolute atomic E-state index is 0.342. The highest BCUT2D eigenvalue weighted by Crippen LogP contribution is 2.29. The third-order valence-electron chi connectivity index (χ3n) is 4.55. The smallest absolute Gasteiger partial charge is 0.407 e. The van der Waals surface area contributed by atoms with Gasteiger partial charge in [-0.25, -0.2) is 4.79 Å². The Morgan fingerprint density at radius 1 is 1.41 bits per heavy atom. The molecule has 2 aliphatic heterocycles. The summed E-state index contributed by atoms with van der Waals surface area (Å²) in [5.41, 5.74) is 0.841. The van der Waals surface area contributed by atoms with E-state index in [0.717, 1.165) is 24.3 Å². The Kier molecular flexibility index (Phi) is 4.36. The molecule has 1 atom stereocenters. The molecule has 1 N–H and O–H groups in total. The number of aromatic nitrogens is 1. The van der Waals surface area contributed by atoms with Gasteiger partial charge in [-0.1, -0.05) is 6.92 Å². The fourth-order valence-corrected chi connectivity index (χ4v) is 3.29. The number of nitrogens with zero attached hydrogens (tertiary/aromatic N) is 3. The molecule has 120 valence electrons. The van der Waals surface area contributed by atoms with E-state index in [1.165, 1.54) is 24.2 Å². The molecule has 0 saturated carbocycles. The Balaban J connectivity index is 1.84. The number of amides is 1. The topological polar surface area (TPSA) is 65.9 Å². The van der Waals surface area contributed by atoms with Gasteiger partial charge in [-0.05, 0) is 37.8 Å². The van der Waals surface area contributed by atoms with Crippen LogP contribution in [0.1, 0.15) is 38.2 Å². The van der Waals surface area contributed by atoms with Gasteiger partial charge in [0.05, 0.1) is 13.1 Å². The van der Waals surface area contributed by atoms with Crippen molar-refractivity contribution >= 4 is 11.9 Å². The molecule has 1 aromatic rings. The fourth-order valence-electron chi connectivity index (χ4n) is 3.29. The number of piperidine rings is 1. The van der Waals surface area contributed by atoms with Crippen LogP contribution in [-0.2, 0) is 6.54 Å². The summed E-state index contributed by atoms with van der Waals surface area (Å²) >= 11 is 0. The third-order valence-corrected chi connectivity index (χ3v) is 4.55. The summed E-state index contributed by atoms with van der Waals surface area (Å²) in [6.45, 7) is 4.32. The average Bonchev–Trinajstić information content (AvgIpc) is 2.76. The Morgan fingerprint density at radius 2 is 2.27 bits per heavy atom. The van der Waals surface area contributed by atoms with Gasteiger partial charge in [-0.15, -0.1) is 0 Å². The first-order chi connectivity index (χ1) is 10.7. The van der Waals surface area contributed by atoms with Crippen molar-refractivity contribution in [2.45, 2.75) is 45.2 Å². The quantitative estimate of drug-likeness (QED) is 0.910. The summed E-state index contributed by atoms with van der Waals surface area (Å²) in [6.07, 6.45) is 3.89. The minimum atomic E-state index is -0.914. The van der Waals surface area contributed by atoms with Gasteiger partial charge in [0.15, 0.2) is 0 Å². The summed E-state index contributed by atoms with van der Waals surface area (Å²) in [6, 6.07) is 4.50. The van der Waals surface area contributed by atoms with Crippen LogP contribution in [0, 0.1) is 0 Å². The second-order valence-corrected chi connectivity index (χ2v) is 5.94. The van der Waals surface area contributed by atoms with Crippen LogP contribution < -0.4 is 9.64 Å². The number of pyridine rings is 1. The van der Waals surface area contributed by atoms with Crippen molar-refractivity contribution in [3.8, 4) is 5.88 Å². The molecule has 3 rings (SSSR count). The molecule has 2 aliphatic rings. The van der Waals surface area contributed by atoms with E-state index in [2.05, 4.69) is 16.8 Å². The second-order valence-electron chi connectivity index (χ2n) is 5.94. The number of fused-ring (bicyclic) bond motifs is 1. The number of hydrogen-bond acceptors (Lipinski definition) is 4. The van der Waals surface area contributed by atoms with E-state index in [4.69, 9.17) is 9.84 Å². The highest BCUT2D eigenvalue weighted by molar-refractivity contribution is 5.65. The molecule has 0 aromatic carbocycles. The molecule has 1 amide bonds. The van der Waals surface area contributed by atoms with Crippen LogP contribution >= 0.6 is 0 Å². The number of hydrogen-bond donors (Lipinski definition) is 1. The molecule has 1 unspecified atom stereocenters. The summed E-state index contributed by atoms with van der Waals surface area (Å²) in [5.74, 6) is 1.54. The normalized spacial score (nSPS) is 21.8. The summed E-state index contributed by atoms with van der Waals surface area (Å²) in [5, 5.41) is 9.16. The van der Waals surface area contributed by atoms with Gasteiger partial charge in [0, 0.05) is 18.2 Å². The van der Waals surface area contributed by atoms with Crippen molar-refractivity contribution in [1.82, 2.24) is 9.88 Å². The summed E-state index contributed by atoms with van der Waals surface area (Å²) in [4.78, 5) is 19.6. The lowest BCUT2D eigenvalue weighted by Crippen LogP contribution is -2.39. The van der Waals surface area contributed by atoms with Gasteiger partial charge in [-0.3, -0.25) is 0 Å². The van der Waals surface area contributed by atoms with Gasteiger partial charge in [0.2, 0.25) is 5.88 Å². The lowest BCUT2D eigenvalue weighted by Gasteiger charge is -2.36. The first-order valence-corrected chi connectivity index (χ1v) is 8.06. The molecule has 0 aliphatic carbocycles. The summed E-state index contributed by atoms with van der Waals surface area (Å²) in [7, 11) is 0. The second kappa shape index (κ2) is 6.42. The van der Waals surface area contributed by atoms with Gasteiger partial charge in [0.1, 0.15) is 12.4 Å².